The van der Waals surface area contributed by atoms with Crippen LogP contribution in [-0.2, 0) is 16.1 Å². The third-order valence-corrected chi connectivity index (χ3v) is 3.74. The Balaban J connectivity index is 0.00000192. The van der Waals surface area contributed by atoms with Crippen molar-refractivity contribution in [1.82, 2.24) is 20.1 Å². The summed E-state index contributed by atoms with van der Waals surface area (Å²) in [6.45, 7) is 2.25. The van der Waals surface area contributed by atoms with Crippen molar-refractivity contribution in [2.75, 3.05) is 25.1 Å². The number of carbonyl (C=O) groups excluding carboxylic acids is 1. The molecule has 1 aromatic heterocycles. The van der Waals surface area contributed by atoms with Gasteiger partial charge in [-0.15, -0.1) is 17.5 Å². The predicted octanol–water partition coefficient (Wildman–Crippen LogP) is 1.44. The van der Waals surface area contributed by atoms with Crippen LogP contribution in [0.5, 0.6) is 0 Å². The maximum Gasteiger partial charge on any atom is 0.248 e. The molecule has 1 atom stereocenters. The van der Waals surface area contributed by atoms with E-state index in [1.54, 1.807) is 11.0 Å². The highest BCUT2D eigenvalue weighted by Gasteiger charge is 2.22. The Morgan fingerprint density at radius 3 is 3.13 bits per heavy atom. The number of nitrogens with zero attached hydrogens (tertiary/aromatic N) is 3. The van der Waals surface area contributed by atoms with Crippen molar-refractivity contribution in [2.24, 2.45) is 0 Å². The lowest BCUT2D eigenvalue weighted by molar-refractivity contribution is -0.120. The molecule has 0 spiro atoms. The number of halogens is 2. The van der Waals surface area contributed by atoms with Crippen LogP contribution in [0.4, 0.5) is 5.95 Å². The van der Waals surface area contributed by atoms with E-state index < -0.39 is 0 Å². The smallest absolute Gasteiger partial charge is 0.248 e. The van der Waals surface area contributed by atoms with Crippen LogP contribution in [0.3, 0.4) is 0 Å². The summed E-state index contributed by atoms with van der Waals surface area (Å²) < 4.78 is 7.96. The van der Waals surface area contributed by atoms with Gasteiger partial charge in [-0.2, -0.15) is 0 Å². The van der Waals surface area contributed by atoms with Crippen molar-refractivity contribution >= 4 is 40.2 Å². The van der Waals surface area contributed by atoms with Crippen molar-refractivity contribution in [1.29, 1.82) is 0 Å². The number of morpholine rings is 1. The molecule has 2 N–H and O–H groups in total. The average Bonchev–Trinajstić information content (AvgIpc) is 2.95. The van der Waals surface area contributed by atoms with Crippen LogP contribution >= 0.6 is 28.3 Å². The first kappa shape index (κ1) is 17.9. The molecule has 23 heavy (non-hydrogen) atoms. The van der Waals surface area contributed by atoms with Crippen LogP contribution in [0.1, 0.15) is 5.56 Å². The van der Waals surface area contributed by atoms with Crippen LogP contribution in [-0.4, -0.2) is 46.5 Å². The fourth-order valence-electron chi connectivity index (χ4n) is 2.18. The first-order valence-corrected chi connectivity index (χ1v) is 7.76. The molecule has 1 fully saturated rings. The number of carbonyl (C=O) groups is 1. The number of rotatable bonds is 4. The lowest BCUT2D eigenvalue weighted by atomic mass is 10.2. The van der Waals surface area contributed by atoms with Gasteiger partial charge in [-0.25, -0.2) is 9.67 Å². The second-order valence-electron chi connectivity index (χ2n) is 4.97. The number of ether oxygens (including phenoxy) is 1. The Morgan fingerprint density at radius 1 is 1.52 bits per heavy atom. The van der Waals surface area contributed by atoms with Gasteiger partial charge >= 0.3 is 0 Å². The minimum atomic E-state index is -0.356. The summed E-state index contributed by atoms with van der Waals surface area (Å²) in [6, 6.07) is 7.60. The molecule has 124 valence electrons. The molecule has 0 bridgehead atoms. The van der Waals surface area contributed by atoms with Crippen LogP contribution < -0.4 is 10.6 Å². The standard InChI is InChI=1S/C14H16BrN5O2.ClH/c15-11-3-1-2-10(6-11)7-20-9-17-14(19-20)18-13(21)12-8-22-5-4-16-12;/h1-3,6,9,12,16H,4-5,7-8H2,(H,18,19,21);1H. The molecule has 2 aromatic rings. The van der Waals surface area contributed by atoms with Crippen LogP contribution in [0.25, 0.3) is 0 Å². The van der Waals surface area contributed by atoms with E-state index in [1.165, 1.54) is 0 Å². The normalized spacial score (nSPS) is 17.3. The maximum atomic E-state index is 12.0. The SMILES string of the molecule is Cl.O=C(Nc1ncn(Cc2cccc(Br)c2)n1)C1COCCN1. The van der Waals surface area contributed by atoms with E-state index in [-0.39, 0.29) is 24.4 Å². The Labute approximate surface area is 148 Å². The van der Waals surface area contributed by atoms with Gasteiger partial charge < -0.3 is 10.1 Å². The van der Waals surface area contributed by atoms with E-state index in [9.17, 15) is 4.79 Å². The number of anilines is 1. The maximum absolute atomic E-state index is 12.0. The molecule has 9 heteroatoms. The average molecular weight is 403 g/mol. The monoisotopic (exact) mass is 401 g/mol. The summed E-state index contributed by atoms with van der Waals surface area (Å²) in [5.74, 6) is 0.118. The van der Waals surface area contributed by atoms with Crippen molar-refractivity contribution in [3.63, 3.8) is 0 Å². The number of benzene rings is 1. The van der Waals surface area contributed by atoms with E-state index >= 15 is 0 Å². The van der Waals surface area contributed by atoms with Gasteiger partial charge in [0, 0.05) is 11.0 Å². The second-order valence-corrected chi connectivity index (χ2v) is 5.88. The Bertz CT molecular complexity index is 660. The van der Waals surface area contributed by atoms with Crippen LogP contribution in [0.2, 0.25) is 0 Å². The number of amides is 1. The summed E-state index contributed by atoms with van der Waals surface area (Å²) in [4.78, 5) is 16.1. The minimum Gasteiger partial charge on any atom is -0.378 e. The highest BCUT2D eigenvalue weighted by atomic mass is 79.9. The molecule has 1 saturated heterocycles. The Hall–Kier alpha value is -1.48. The fraction of sp³-hybridized carbons (Fsp3) is 0.357. The van der Waals surface area contributed by atoms with Crippen molar-refractivity contribution in [3.8, 4) is 0 Å². The lowest BCUT2D eigenvalue weighted by Gasteiger charge is -2.22. The molecule has 1 aromatic carbocycles. The van der Waals surface area contributed by atoms with Crippen molar-refractivity contribution < 1.29 is 9.53 Å². The summed E-state index contributed by atoms with van der Waals surface area (Å²) in [6.07, 6.45) is 1.60. The molecule has 0 radical (unpaired) electrons. The molecular weight excluding hydrogens is 386 g/mol. The molecule has 1 aliphatic heterocycles. The van der Waals surface area contributed by atoms with Gasteiger partial charge in [0.2, 0.25) is 11.9 Å². The van der Waals surface area contributed by atoms with Crippen molar-refractivity contribution in [3.05, 3.63) is 40.6 Å². The molecule has 0 aliphatic carbocycles. The highest BCUT2D eigenvalue weighted by molar-refractivity contribution is 9.10. The predicted molar refractivity (Wildman–Crippen MR) is 91.8 cm³/mol. The second kappa shape index (κ2) is 8.39. The first-order valence-electron chi connectivity index (χ1n) is 6.96. The summed E-state index contributed by atoms with van der Waals surface area (Å²) in [5, 5.41) is 10.0. The van der Waals surface area contributed by atoms with Crippen LogP contribution in [0, 0.1) is 0 Å². The Morgan fingerprint density at radius 2 is 2.39 bits per heavy atom. The molecule has 1 aliphatic rings. The minimum absolute atomic E-state index is 0. The topological polar surface area (TPSA) is 81.1 Å². The van der Waals surface area contributed by atoms with Gasteiger partial charge in [-0.3, -0.25) is 10.1 Å². The number of aromatic nitrogens is 3. The molecular formula is C14H17BrClN5O2. The van der Waals surface area contributed by atoms with E-state index in [0.717, 1.165) is 10.0 Å². The van der Waals surface area contributed by atoms with Gasteiger partial charge in [-0.1, -0.05) is 28.1 Å². The quantitative estimate of drug-likeness (QED) is 0.809. The molecule has 0 saturated carbocycles. The van der Waals surface area contributed by atoms with Gasteiger partial charge in [0.15, 0.2) is 0 Å². The molecule has 1 unspecified atom stereocenters. The molecule has 2 heterocycles. The largest absolute Gasteiger partial charge is 0.378 e. The van der Waals surface area contributed by atoms with E-state index in [1.807, 2.05) is 24.3 Å². The van der Waals surface area contributed by atoms with E-state index in [0.29, 0.717) is 32.3 Å². The lowest BCUT2D eigenvalue weighted by Crippen LogP contribution is -2.49. The summed E-state index contributed by atoms with van der Waals surface area (Å²) in [7, 11) is 0. The van der Waals surface area contributed by atoms with Crippen molar-refractivity contribution in [2.45, 2.75) is 12.6 Å². The fourth-order valence-corrected chi connectivity index (χ4v) is 2.63. The van der Waals surface area contributed by atoms with E-state index in [4.69, 9.17) is 4.74 Å². The van der Waals surface area contributed by atoms with Gasteiger partial charge in [0.1, 0.15) is 12.4 Å². The first-order chi connectivity index (χ1) is 10.7. The number of hydrogen-bond acceptors (Lipinski definition) is 5. The third kappa shape index (κ3) is 5.00. The third-order valence-electron chi connectivity index (χ3n) is 3.24. The molecule has 7 nitrogen and oxygen atoms in total. The Kier molecular flexibility index (Phi) is 6.52. The van der Waals surface area contributed by atoms with Gasteiger partial charge in [-0.05, 0) is 17.7 Å². The zero-order chi connectivity index (χ0) is 15.4. The number of nitrogens with one attached hydrogen (secondary N) is 2. The molecule has 1 amide bonds. The molecule has 3 rings (SSSR count). The number of hydrogen-bond donors (Lipinski definition) is 2. The van der Waals surface area contributed by atoms with E-state index in [2.05, 4.69) is 36.6 Å². The zero-order valence-corrected chi connectivity index (χ0v) is 14.6. The van der Waals surface area contributed by atoms with Crippen LogP contribution in [0.15, 0.2) is 35.1 Å². The zero-order valence-electron chi connectivity index (χ0n) is 12.2. The van der Waals surface area contributed by atoms with Gasteiger partial charge in [0.05, 0.1) is 19.8 Å². The van der Waals surface area contributed by atoms with Gasteiger partial charge in [0.25, 0.3) is 0 Å². The summed E-state index contributed by atoms with van der Waals surface area (Å²) >= 11 is 3.44. The highest BCUT2D eigenvalue weighted by Crippen LogP contribution is 2.12. The summed E-state index contributed by atoms with van der Waals surface area (Å²) in [5.41, 5.74) is 1.10.